The average Bonchev–Trinajstić information content (AvgIpc) is 2.94. The van der Waals surface area contributed by atoms with Crippen LogP contribution in [0.25, 0.3) is 0 Å². The molecule has 6 heteroatoms. The van der Waals surface area contributed by atoms with E-state index in [4.69, 9.17) is 4.74 Å². The predicted molar refractivity (Wildman–Crippen MR) is 91.7 cm³/mol. The van der Waals surface area contributed by atoms with Crippen LogP contribution in [0.5, 0.6) is 0 Å². The molecule has 3 heterocycles. The normalized spacial score (nSPS) is 24.0. The quantitative estimate of drug-likeness (QED) is 0.842. The van der Waals surface area contributed by atoms with Gasteiger partial charge in [0.2, 0.25) is 0 Å². The first-order valence-corrected chi connectivity index (χ1v) is 8.85. The van der Waals surface area contributed by atoms with Crippen molar-refractivity contribution in [2.45, 2.75) is 45.2 Å². The Balaban J connectivity index is 1.63. The van der Waals surface area contributed by atoms with E-state index in [0.717, 1.165) is 39.1 Å². The molecule has 3 rings (SSSR count). The van der Waals surface area contributed by atoms with E-state index < -0.39 is 0 Å². The number of ether oxygens (including phenoxy) is 1. The highest BCUT2D eigenvalue weighted by Crippen LogP contribution is 2.44. The zero-order valence-electron chi connectivity index (χ0n) is 14.9. The van der Waals surface area contributed by atoms with Gasteiger partial charge in [0.15, 0.2) is 0 Å². The summed E-state index contributed by atoms with van der Waals surface area (Å²) >= 11 is 0. The Morgan fingerprint density at radius 3 is 2.71 bits per heavy atom. The Morgan fingerprint density at radius 1 is 1.38 bits per heavy atom. The molecule has 0 N–H and O–H groups in total. The second kappa shape index (κ2) is 7.15. The van der Waals surface area contributed by atoms with Crippen LogP contribution < -0.4 is 0 Å². The van der Waals surface area contributed by atoms with E-state index in [9.17, 15) is 4.79 Å². The summed E-state index contributed by atoms with van der Waals surface area (Å²) in [6, 6.07) is 2.78. The lowest BCUT2D eigenvalue weighted by atomic mass is 9.76. The largest absolute Gasteiger partial charge is 0.383 e. The fourth-order valence-electron chi connectivity index (χ4n) is 4.30. The van der Waals surface area contributed by atoms with E-state index in [1.54, 1.807) is 25.6 Å². The number of hydrogen-bond donors (Lipinski definition) is 0. The summed E-state index contributed by atoms with van der Waals surface area (Å²) in [7, 11) is 1.79. The second-order valence-corrected chi connectivity index (χ2v) is 7.50. The van der Waals surface area contributed by atoms with Gasteiger partial charge >= 0.3 is 0 Å². The van der Waals surface area contributed by atoms with Gasteiger partial charge in [-0.15, -0.1) is 0 Å². The molecule has 24 heavy (non-hydrogen) atoms. The van der Waals surface area contributed by atoms with Crippen LogP contribution in [-0.2, 0) is 4.74 Å². The highest BCUT2D eigenvalue weighted by molar-refractivity contribution is 5.93. The number of likely N-dealkylation sites (tertiary alicyclic amines) is 2. The highest BCUT2D eigenvalue weighted by Gasteiger charge is 2.46. The molecule has 1 atom stereocenters. The topological polar surface area (TPSA) is 58.6 Å². The number of methoxy groups -OCH3 is 1. The van der Waals surface area contributed by atoms with Crippen molar-refractivity contribution in [1.82, 2.24) is 20.0 Å². The summed E-state index contributed by atoms with van der Waals surface area (Å²) in [4.78, 5) is 17.1. The van der Waals surface area contributed by atoms with Gasteiger partial charge < -0.3 is 9.64 Å². The molecule has 2 fully saturated rings. The molecule has 2 aliphatic rings. The Kier molecular flexibility index (Phi) is 5.15. The zero-order valence-corrected chi connectivity index (χ0v) is 14.9. The minimum atomic E-state index is 0.0758. The van der Waals surface area contributed by atoms with Crippen molar-refractivity contribution in [2.24, 2.45) is 5.41 Å². The van der Waals surface area contributed by atoms with Gasteiger partial charge in [0, 0.05) is 38.8 Å². The van der Waals surface area contributed by atoms with Gasteiger partial charge in [0.1, 0.15) is 0 Å². The third-order valence-electron chi connectivity index (χ3n) is 5.62. The van der Waals surface area contributed by atoms with Crippen LogP contribution >= 0.6 is 0 Å². The molecular weight excluding hydrogens is 304 g/mol. The molecule has 2 aliphatic heterocycles. The summed E-state index contributed by atoms with van der Waals surface area (Å²) in [5, 5.41) is 7.56. The summed E-state index contributed by atoms with van der Waals surface area (Å²) in [5.41, 5.74) is 0.967. The maximum Gasteiger partial charge on any atom is 0.255 e. The molecule has 1 aromatic rings. The Morgan fingerprint density at radius 2 is 2.12 bits per heavy atom. The van der Waals surface area contributed by atoms with Crippen LogP contribution in [0.2, 0.25) is 0 Å². The van der Waals surface area contributed by atoms with Crippen LogP contribution in [0.1, 0.15) is 43.5 Å². The number of piperidine rings is 1. The van der Waals surface area contributed by atoms with Gasteiger partial charge in [-0.3, -0.25) is 9.69 Å². The van der Waals surface area contributed by atoms with Gasteiger partial charge in [-0.1, -0.05) is 0 Å². The Hall–Kier alpha value is -1.53. The molecule has 6 nitrogen and oxygen atoms in total. The first-order valence-electron chi connectivity index (χ1n) is 8.85. The second-order valence-electron chi connectivity index (χ2n) is 7.50. The molecular formula is C18H28N4O2. The summed E-state index contributed by atoms with van der Waals surface area (Å²) in [6.45, 7) is 8.09. The fourth-order valence-corrected chi connectivity index (χ4v) is 4.30. The molecule has 0 aliphatic carbocycles. The fraction of sp³-hybridized carbons (Fsp3) is 0.722. The van der Waals surface area contributed by atoms with Crippen LogP contribution in [0.15, 0.2) is 18.5 Å². The minimum Gasteiger partial charge on any atom is -0.383 e. The number of amides is 1. The summed E-state index contributed by atoms with van der Waals surface area (Å²) in [6.07, 6.45) is 6.45. The standard InChI is InChI=1S/C18H28N4O2/c1-14(2)22-13-18(10-16(22)12-24-3)5-8-21(9-6-18)17(23)15-4-7-19-20-11-15/h4,7,11,14,16H,5-6,8-10,12-13H2,1-3H3/t16-/m1/s1. The first kappa shape index (κ1) is 17.3. The monoisotopic (exact) mass is 332 g/mol. The van der Waals surface area contributed by atoms with Crippen molar-refractivity contribution in [2.75, 3.05) is 33.4 Å². The third kappa shape index (κ3) is 3.44. The predicted octanol–water partition coefficient (Wildman–Crippen LogP) is 1.83. The van der Waals surface area contributed by atoms with E-state index in [0.29, 0.717) is 23.1 Å². The smallest absolute Gasteiger partial charge is 0.255 e. The van der Waals surface area contributed by atoms with E-state index in [1.165, 1.54) is 6.42 Å². The van der Waals surface area contributed by atoms with Crippen molar-refractivity contribution < 1.29 is 9.53 Å². The van der Waals surface area contributed by atoms with Crippen molar-refractivity contribution in [1.29, 1.82) is 0 Å². The van der Waals surface area contributed by atoms with Crippen LogP contribution in [0.4, 0.5) is 0 Å². The maximum atomic E-state index is 12.6. The molecule has 0 saturated carbocycles. The number of hydrogen-bond acceptors (Lipinski definition) is 5. The lowest BCUT2D eigenvalue weighted by molar-refractivity contribution is 0.0581. The van der Waals surface area contributed by atoms with Gasteiger partial charge in [0.05, 0.1) is 24.6 Å². The summed E-state index contributed by atoms with van der Waals surface area (Å²) < 4.78 is 5.44. The number of carbonyl (C=O) groups is 1. The van der Waals surface area contributed by atoms with E-state index in [-0.39, 0.29) is 5.91 Å². The number of rotatable bonds is 4. The van der Waals surface area contributed by atoms with Crippen molar-refractivity contribution >= 4 is 5.91 Å². The maximum absolute atomic E-state index is 12.6. The van der Waals surface area contributed by atoms with Gasteiger partial charge in [-0.05, 0) is 44.6 Å². The third-order valence-corrected chi connectivity index (χ3v) is 5.62. The molecule has 0 radical (unpaired) electrons. The lowest BCUT2D eigenvalue weighted by Gasteiger charge is -2.39. The molecule has 0 bridgehead atoms. The molecule has 132 valence electrons. The SMILES string of the molecule is COC[C@H]1CC2(CCN(C(=O)c3ccnnc3)CC2)CN1C(C)C. The van der Waals surface area contributed by atoms with E-state index in [1.807, 2.05) is 4.90 Å². The molecule has 1 spiro atoms. The molecule has 2 saturated heterocycles. The zero-order chi connectivity index (χ0) is 17.2. The lowest BCUT2D eigenvalue weighted by Crippen LogP contribution is -2.44. The van der Waals surface area contributed by atoms with Crippen molar-refractivity contribution in [3.63, 3.8) is 0 Å². The van der Waals surface area contributed by atoms with Gasteiger partial charge in [-0.25, -0.2) is 0 Å². The Bertz CT molecular complexity index is 555. The van der Waals surface area contributed by atoms with Crippen LogP contribution in [-0.4, -0.2) is 71.3 Å². The minimum absolute atomic E-state index is 0.0758. The molecule has 0 unspecified atom stereocenters. The highest BCUT2D eigenvalue weighted by atomic mass is 16.5. The summed E-state index contributed by atoms with van der Waals surface area (Å²) in [5.74, 6) is 0.0758. The molecule has 0 aromatic carbocycles. The molecule has 1 aromatic heterocycles. The number of nitrogens with zero attached hydrogens (tertiary/aromatic N) is 4. The molecule has 1 amide bonds. The van der Waals surface area contributed by atoms with E-state index in [2.05, 4.69) is 28.9 Å². The van der Waals surface area contributed by atoms with Crippen LogP contribution in [0, 0.1) is 5.41 Å². The van der Waals surface area contributed by atoms with Gasteiger partial charge in [-0.2, -0.15) is 10.2 Å². The average molecular weight is 332 g/mol. The number of carbonyl (C=O) groups excluding carboxylic acids is 1. The van der Waals surface area contributed by atoms with Crippen LogP contribution in [0.3, 0.4) is 0 Å². The van der Waals surface area contributed by atoms with E-state index >= 15 is 0 Å². The van der Waals surface area contributed by atoms with Gasteiger partial charge in [0.25, 0.3) is 5.91 Å². The Labute approximate surface area is 144 Å². The number of aromatic nitrogens is 2. The van der Waals surface area contributed by atoms with Crippen molar-refractivity contribution in [3.8, 4) is 0 Å². The first-order chi connectivity index (χ1) is 11.5. The van der Waals surface area contributed by atoms with Crippen molar-refractivity contribution in [3.05, 3.63) is 24.0 Å².